The lowest BCUT2D eigenvalue weighted by Crippen LogP contribution is -2.36. The van der Waals surface area contributed by atoms with Gasteiger partial charge in [-0.3, -0.25) is 14.9 Å². The van der Waals surface area contributed by atoms with Crippen LogP contribution < -0.4 is 10.1 Å². The highest BCUT2D eigenvalue weighted by Crippen LogP contribution is 2.29. The van der Waals surface area contributed by atoms with Crippen molar-refractivity contribution in [2.75, 3.05) is 6.61 Å². The first-order chi connectivity index (χ1) is 12.0. The second kappa shape index (κ2) is 6.80. The van der Waals surface area contributed by atoms with E-state index in [0.29, 0.717) is 34.8 Å². The number of ether oxygens (including phenoxy) is 2. The van der Waals surface area contributed by atoms with E-state index in [4.69, 9.17) is 14.0 Å². The lowest BCUT2D eigenvalue weighted by molar-refractivity contribution is -0.114. The number of benzene rings is 1. The van der Waals surface area contributed by atoms with Gasteiger partial charge in [-0.05, 0) is 39.0 Å². The molecule has 0 saturated carbocycles. The number of hydrogen-bond acceptors (Lipinski definition) is 6. The molecule has 2 aromatic rings. The highest BCUT2D eigenvalue weighted by atomic mass is 16.5. The van der Waals surface area contributed by atoms with Crippen LogP contribution in [0.1, 0.15) is 39.9 Å². The molecule has 1 aromatic carbocycles. The van der Waals surface area contributed by atoms with E-state index in [9.17, 15) is 9.59 Å². The van der Waals surface area contributed by atoms with Crippen molar-refractivity contribution in [1.82, 2.24) is 10.5 Å². The average molecular weight is 342 g/mol. The Kier molecular flexibility index (Phi) is 4.56. The molecule has 1 N–H and O–H groups in total. The zero-order valence-corrected chi connectivity index (χ0v) is 14.2. The molecular formula is C18H18N2O5. The zero-order chi connectivity index (χ0) is 18.0. The Morgan fingerprint density at radius 2 is 2.00 bits per heavy atom. The fourth-order valence-electron chi connectivity index (χ4n) is 2.54. The first-order valence-corrected chi connectivity index (χ1v) is 7.87. The van der Waals surface area contributed by atoms with Crippen LogP contribution in [0.15, 0.2) is 29.0 Å². The fraction of sp³-hybridized carbons (Fsp3) is 0.278. The van der Waals surface area contributed by atoms with E-state index < -0.39 is 11.8 Å². The van der Waals surface area contributed by atoms with E-state index in [1.807, 2.05) is 20.8 Å². The molecule has 0 unspecified atom stereocenters. The maximum Gasteiger partial charge on any atom is 0.261 e. The lowest BCUT2D eigenvalue weighted by Gasteiger charge is -2.19. The normalized spacial score (nSPS) is 15.1. The largest absolute Gasteiger partial charge is 0.501 e. The number of aryl methyl sites for hydroxylation is 2. The summed E-state index contributed by atoms with van der Waals surface area (Å²) in [6.07, 6.45) is 1.36. The number of fused-ring (bicyclic) bond motifs is 1. The molecule has 0 aliphatic carbocycles. The van der Waals surface area contributed by atoms with Crippen LogP contribution in [0.25, 0.3) is 5.57 Å². The van der Waals surface area contributed by atoms with Crippen LogP contribution in [0.4, 0.5) is 0 Å². The Hall–Kier alpha value is -3.09. The van der Waals surface area contributed by atoms with Gasteiger partial charge in [0, 0.05) is 11.1 Å². The van der Waals surface area contributed by atoms with Gasteiger partial charge in [0.2, 0.25) is 0 Å². The van der Waals surface area contributed by atoms with Crippen LogP contribution >= 0.6 is 0 Å². The van der Waals surface area contributed by atoms with Crippen LogP contribution in [-0.4, -0.2) is 23.6 Å². The van der Waals surface area contributed by atoms with Crippen LogP contribution in [0.2, 0.25) is 0 Å². The van der Waals surface area contributed by atoms with Crippen molar-refractivity contribution in [1.29, 1.82) is 0 Å². The van der Waals surface area contributed by atoms with Crippen molar-refractivity contribution < 1.29 is 23.6 Å². The molecule has 7 nitrogen and oxygen atoms in total. The smallest absolute Gasteiger partial charge is 0.261 e. The summed E-state index contributed by atoms with van der Waals surface area (Å²) in [6.45, 7) is 6.17. The van der Waals surface area contributed by atoms with Crippen molar-refractivity contribution in [2.45, 2.75) is 27.4 Å². The summed E-state index contributed by atoms with van der Waals surface area (Å²) >= 11 is 0. The van der Waals surface area contributed by atoms with Crippen LogP contribution in [0, 0.1) is 13.8 Å². The number of nitrogens with zero attached hydrogens (tertiary/aromatic N) is 1. The summed E-state index contributed by atoms with van der Waals surface area (Å²) < 4.78 is 16.1. The highest BCUT2D eigenvalue weighted by molar-refractivity contribution is 6.30. The molecular weight excluding hydrogens is 324 g/mol. The molecule has 0 saturated heterocycles. The van der Waals surface area contributed by atoms with Gasteiger partial charge < -0.3 is 14.0 Å². The minimum atomic E-state index is -0.492. The Morgan fingerprint density at radius 1 is 1.20 bits per heavy atom. The summed E-state index contributed by atoms with van der Waals surface area (Å²) in [5, 5.41) is 6.18. The third-order valence-corrected chi connectivity index (χ3v) is 3.93. The molecule has 0 fully saturated rings. The first-order valence-electron chi connectivity index (χ1n) is 7.87. The van der Waals surface area contributed by atoms with E-state index in [2.05, 4.69) is 10.5 Å². The highest BCUT2D eigenvalue weighted by Gasteiger charge is 2.28. The second-order valence-corrected chi connectivity index (χ2v) is 5.57. The van der Waals surface area contributed by atoms with Crippen molar-refractivity contribution >= 4 is 17.4 Å². The van der Waals surface area contributed by atoms with E-state index in [1.54, 1.807) is 18.2 Å². The summed E-state index contributed by atoms with van der Waals surface area (Å²) in [6, 6.07) is 4.97. The molecule has 0 radical (unpaired) electrons. The van der Waals surface area contributed by atoms with Crippen LogP contribution in [0.5, 0.6) is 5.75 Å². The van der Waals surface area contributed by atoms with Gasteiger partial charge in [0.05, 0.1) is 29.7 Å². The van der Waals surface area contributed by atoms with E-state index in [-0.39, 0.29) is 6.61 Å². The molecule has 3 rings (SSSR count). The van der Waals surface area contributed by atoms with E-state index in [0.717, 1.165) is 11.3 Å². The maximum absolute atomic E-state index is 12.1. The molecule has 0 spiro atoms. The number of aromatic nitrogens is 1. The third-order valence-electron chi connectivity index (χ3n) is 3.93. The van der Waals surface area contributed by atoms with Crippen molar-refractivity contribution in [3.05, 3.63) is 52.6 Å². The first kappa shape index (κ1) is 16.8. The Bertz CT molecular complexity index is 847. The van der Waals surface area contributed by atoms with Gasteiger partial charge in [-0.2, -0.15) is 0 Å². The Morgan fingerprint density at radius 3 is 2.68 bits per heavy atom. The van der Waals surface area contributed by atoms with Crippen molar-refractivity contribution in [3.8, 4) is 5.75 Å². The third kappa shape index (κ3) is 3.26. The number of amides is 2. The number of carbonyl (C=O) groups is 2. The second-order valence-electron chi connectivity index (χ2n) is 5.57. The van der Waals surface area contributed by atoms with E-state index in [1.165, 1.54) is 6.26 Å². The van der Waals surface area contributed by atoms with Gasteiger partial charge in [-0.15, -0.1) is 0 Å². The van der Waals surface area contributed by atoms with Gasteiger partial charge in [-0.1, -0.05) is 5.16 Å². The molecule has 7 heteroatoms. The minimum Gasteiger partial charge on any atom is -0.501 e. The van der Waals surface area contributed by atoms with Gasteiger partial charge >= 0.3 is 0 Å². The summed E-state index contributed by atoms with van der Waals surface area (Å²) in [7, 11) is 0. The Balaban J connectivity index is 1.90. The monoisotopic (exact) mass is 342 g/mol. The predicted octanol–water partition coefficient (Wildman–Crippen LogP) is 2.52. The SMILES string of the molecule is CCO/C=C1\C(=O)NC(=O)c2ccc(OCc3c(C)noc3C)cc21. The molecule has 2 amide bonds. The number of hydrogen-bond donors (Lipinski definition) is 1. The quantitative estimate of drug-likeness (QED) is 0.510. The Labute approximate surface area is 144 Å². The molecule has 2 heterocycles. The standard InChI is InChI=1S/C18H18N2O5/c1-4-23-8-16-14-7-12(5-6-13(14)17(21)19-18(16)22)24-9-15-10(2)20-25-11(15)3/h5-8H,4,9H2,1-3H3,(H,19,21,22)/b16-8-. The number of rotatable bonds is 5. The molecule has 1 aliphatic rings. The van der Waals surface area contributed by atoms with E-state index >= 15 is 0 Å². The van der Waals surface area contributed by atoms with Crippen molar-refractivity contribution in [3.63, 3.8) is 0 Å². The topological polar surface area (TPSA) is 90.7 Å². The molecule has 1 aliphatic heterocycles. The van der Waals surface area contributed by atoms with Crippen LogP contribution in [-0.2, 0) is 16.1 Å². The lowest BCUT2D eigenvalue weighted by atomic mass is 9.95. The predicted molar refractivity (Wildman–Crippen MR) is 88.8 cm³/mol. The number of nitrogens with one attached hydrogen (secondary N) is 1. The van der Waals surface area contributed by atoms with Crippen molar-refractivity contribution in [2.24, 2.45) is 0 Å². The summed E-state index contributed by atoms with van der Waals surface area (Å²) in [5.74, 6) is 0.297. The molecule has 1 aromatic heterocycles. The van der Waals surface area contributed by atoms with Crippen LogP contribution in [0.3, 0.4) is 0 Å². The number of carbonyl (C=O) groups excluding carboxylic acids is 2. The van der Waals surface area contributed by atoms with Gasteiger partial charge in [0.1, 0.15) is 18.1 Å². The van der Waals surface area contributed by atoms with Gasteiger partial charge in [0.15, 0.2) is 0 Å². The molecule has 0 bridgehead atoms. The summed E-state index contributed by atoms with van der Waals surface area (Å²) in [5.41, 5.74) is 2.81. The van der Waals surface area contributed by atoms with Gasteiger partial charge in [-0.25, -0.2) is 0 Å². The molecule has 130 valence electrons. The summed E-state index contributed by atoms with van der Waals surface area (Å²) in [4.78, 5) is 24.1. The fourth-order valence-corrected chi connectivity index (χ4v) is 2.54. The average Bonchev–Trinajstić information content (AvgIpc) is 2.91. The minimum absolute atomic E-state index is 0.282. The maximum atomic E-state index is 12.1. The molecule has 0 atom stereocenters. The zero-order valence-electron chi connectivity index (χ0n) is 14.2. The number of imide groups is 1. The molecule has 25 heavy (non-hydrogen) atoms. The van der Waals surface area contributed by atoms with Gasteiger partial charge in [0.25, 0.3) is 11.8 Å².